The van der Waals surface area contributed by atoms with Gasteiger partial charge >= 0.3 is 6.03 Å². The number of unbranched alkanes of at least 4 members (excludes halogenated alkanes) is 20. The molecule has 1 aromatic rings. The van der Waals surface area contributed by atoms with Crippen LogP contribution in [0.1, 0.15) is 155 Å². The average molecular weight is 503 g/mol. The number of aromatic hydroxyl groups is 1. The fraction of sp³-hybridized carbons (Fsp3) is 0.781. The summed E-state index contributed by atoms with van der Waals surface area (Å²) >= 11 is 0. The van der Waals surface area contributed by atoms with Gasteiger partial charge in [0.25, 0.3) is 0 Å². The lowest BCUT2D eigenvalue weighted by atomic mass is 10.0. The number of amides is 2. The maximum Gasteiger partial charge on any atom is 0.319 e. The van der Waals surface area contributed by atoms with Gasteiger partial charge in [-0.1, -0.05) is 142 Å². The number of phenols is 1. The molecule has 0 spiro atoms. The molecule has 0 heterocycles. The summed E-state index contributed by atoms with van der Waals surface area (Å²) in [6.45, 7) is 4.35. The Kier molecular flexibility index (Phi) is 21.3. The predicted molar refractivity (Wildman–Crippen MR) is 157 cm³/mol. The molecule has 1 rings (SSSR count). The molecule has 0 aliphatic heterocycles. The molecule has 0 aromatic heterocycles. The highest BCUT2D eigenvalue weighted by Crippen LogP contribution is 2.16. The molecule has 0 saturated carbocycles. The zero-order valence-corrected chi connectivity index (χ0v) is 23.8. The highest BCUT2D eigenvalue weighted by atomic mass is 16.3. The van der Waals surface area contributed by atoms with Crippen molar-refractivity contribution in [3.63, 3.8) is 0 Å². The number of benzene rings is 1. The summed E-state index contributed by atoms with van der Waals surface area (Å²) in [6, 6.07) is 6.51. The van der Waals surface area contributed by atoms with Crippen LogP contribution in [0.4, 0.5) is 10.5 Å². The molecular weight excluding hydrogens is 444 g/mol. The molecule has 0 radical (unpaired) electrons. The van der Waals surface area contributed by atoms with Crippen LogP contribution in [0.2, 0.25) is 0 Å². The van der Waals surface area contributed by atoms with Crippen molar-refractivity contribution in [2.24, 2.45) is 0 Å². The smallest absolute Gasteiger partial charge is 0.319 e. The molecule has 36 heavy (non-hydrogen) atoms. The highest BCUT2D eigenvalue weighted by Gasteiger charge is 2.07. The maximum atomic E-state index is 12.0. The number of anilines is 1. The third-order valence-corrected chi connectivity index (χ3v) is 7.24. The van der Waals surface area contributed by atoms with Crippen LogP contribution in [-0.4, -0.2) is 17.2 Å². The van der Waals surface area contributed by atoms with Gasteiger partial charge in [0.05, 0.1) is 0 Å². The molecule has 0 aliphatic rings. The van der Waals surface area contributed by atoms with E-state index in [9.17, 15) is 9.90 Å². The first-order valence-electron chi connectivity index (χ1n) is 15.5. The Morgan fingerprint density at radius 1 is 0.639 bits per heavy atom. The summed E-state index contributed by atoms with van der Waals surface area (Å²) in [7, 11) is 0. The average Bonchev–Trinajstić information content (AvgIpc) is 2.86. The molecule has 0 fully saturated rings. The van der Waals surface area contributed by atoms with Crippen LogP contribution in [0.15, 0.2) is 24.3 Å². The van der Waals surface area contributed by atoms with Crippen molar-refractivity contribution in [3.8, 4) is 5.75 Å². The lowest BCUT2D eigenvalue weighted by Crippen LogP contribution is -2.36. The first-order valence-corrected chi connectivity index (χ1v) is 15.5. The van der Waals surface area contributed by atoms with Gasteiger partial charge in [-0.05, 0) is 37.6 Å². The fourth-order valence-corrected chi connectivity index (χ4v) is 4.89. The second-order valence-corrected chi connectivity index (χ2v) is 10.9. The van der Waals surface area contributed by atoms with Gasteiger partial charge in [-0.2, -0.15) is 0 Å². The summed E-state index contributed by atoms with van der Waals surface area (Å²) in [6.07, 6.45) is 30.4. The Bertz CT molecular complexity index is 617. The van der Waals surface area contributed by atoms with E-state index in [1.165, 1.54) is 135 Å². The Morgan fingerprint density at radius 3 is 1.39 bits per heavy atom. The van der Waals surface area contributed by atoms with Crippen LogP contribution in [0.3, 0.4) is 0 Å². The van der Waals surface area contributed by atoms with E-state index in [-0.39, 0.29) is 17.8 Å². The van der Waals surface area contributed by atoms with Gasteiger partial charge in [0.15, 0.2) is 0 Å². The van der Waals surface area contributed by atoms with Crippen molar-refractivity contribution < 1.29 is 9.90 Å². The summed E-state index contributed by atoms with van der Waals surface area (Å²) in [5.74, 6) is 0.198. The fourth-order valence-electron chi connectivity index (χ4n) is 4.89. The Labute approximate surface area is 223 Å². The van der Waals surface area contributed by atoms with E-state index in [4.69, 9.17) is 0 Å². The number of carbonyl (C=O) groups excluding carboxylic acids is 1. The van der Waals surface area contributed by atoms with Crippen molar-refractivity contribution in [2.75, 3.05) is 5.32 Å². The maximum absolute atomic E-state index is 12.0. The number of rotatable bonds is 24. The predicted octanol–water partition coefficient (Wildman–Crippen LogP) is 10.5. The normalized spacial score (nSPS) is 11.9. The summed E-state index contributed by atoms with van der Waals surface area (Å²) in [5.41, 5.74) is 0.687. The molecule has 1 aromatic carbocycles. The van der Waals surface area contributed by atoms with Gasteiger partial charge in [-0.25, -0.2) is 4.79 Å². The van der Waals surface area contributed by atoms with Gasteiger partial charge in [-0.15, -0.1) is 0 Å². The largest absolute Gasteiger partial charge is 0.508 e. The number of nitrogens with one attached hydrogen (secondary N) is 2. The topological polar surface area (TPSA) is 61.4 Å². The minimum atomic E-state index is -0.184. The Balaban J connectivity index is 1.77. The summed E-state index contributed by atoms with van der Waals surface area (Å²) in [4.78, 5) is 12.0. The van der Waals surface area contributed by atoms with Crippen molar-refractivity contribution in [1.29, 1.82) is 0 Å². The van der Waals surface area contributed by atoms with Crippen LogP contribution >= 0.6 is 0 Å². The van der Waals surface area contributed by atoms with E-state index in [1.807, 2.05) is 0 Å². The van der Waals surface area contributed by atoms with Crippen LogP contribution in [0.25, 0.3) is 0 Å². The van der Waals surface area contributed by atoms with Gasteiger partial charge in [0, 0.05) is 11.7 Å². The third kappa shape index (κ3) is 20.5. The molecule has 3 N–H and O–H groups in total. The molecule has 1 unspecified atom stereocenters. The van der Waals surface area contributed by atoms with Crippen molar-refractivity contribution in [1.82, 2.24) is 5.32 Å². The molecule has 2 amide bonds. The standard InChI is InChI=1S/C32H58N2O2/c1-3-4-5-6-7-8-9-10-11-12-13-14-15-16-17-18-19-20-21-22-23-24-29(2)33-32(36)34-30-25-27-31(35)28-26-30/h25-29,35H,3-24H2,1-2H3,(H2,33,34,36). The van der Waals surface area contributed by atoms with Gasteiger partial charge in [0.1, 0.15) is 5.75 Å². The van der Waals surface area contributed by atoms with E-state index in [1.54, 1.807) is 24.3 Å². The Hall–Kier alpha value is -1.71. The zero-order chi connectivity index (χ0) is 26.1. The third-order valence-electron chi connectivity index (χ3n) is 7.24. The molecule has 0 saturated heterocycles. The molecule has 208 valence electrons. The molecule has 0 aliphatic carbocycles. The second-order valence-electron chi connectivity index (χ2n) is 10.9. The van der Waals surface area contributed by atoms with E-state index >= 15 is 0 Å². The Morgan fingerprint density at radius 2 is 1.00 bits per heavy atom. The number of hydrogen-bond donors (Lipinski definition) is 3. The van der Waals surface area contributed by atoms with Crippen molar-refractivity contribution in [3.05, 3.63) is 24.3 Å². The number of hydrogen-bond acceptors (Lipinski definition) is 2. The molecular formula is C32H58N2O2. The van der Waals surface area contributed by atoms with Crippen LogP contribution in [0, 0.1) is 0 Å². The first-order chi connectivity index (χ1) is 17.6. The van der Waals surface area contributed by atoms with E-state index in [0.29, 0.717) is 5.69 Å². The molecule has 1 atom stereocenters. The number of phenolic OH excluding ortho intramolecular Hbond substituents is 1. The van der Waals surface area contributed by atoms with Crippen LogP contribution < -0.4 is 10.6 Å². The number of carbonyl (C=O) groups is 1. The van der Waals surface area contributed by atoms with E-state index < -0.39 is 0 Å². The molecule has 4 nitrogen and oxygen atoms in total. The zero-order valence-electron chi connectivity index (χ0n) is 23.8. The van der Waals surface area contributed by atoms with Crippen LogP contribution in [0.5, 0.6) is 5.75 Å². The molecule has 0 bridgehead atoms. The van der Waals surface area contributed by atoms with Crippen molar-refractivity contribution >= 4 is 11.7 Å². The monoisotopic (exact) mass is 502 g/mol. The lowest BCUT2D eigenvalue weighted by Gasteiger charge is -2.14. The number of urea groups is 1. The summed E-state index contributed by atoms with van der Waals surface area (Å²) < 4.78 is 0. The molecule has 4 heteroatoms. The second kappa shape index (κ2) is 23.7. The quantitative estimate of drug-likeness (QED) is 0.0972. The van der Waals surface area contributed by atoms with Gasteiger partial charge < -0.3 is 15.7 Å². The van der Waals surface area contributed by atoms with Gasteiger partial charge in [-0.3, -0.25) is 0 Å². The van der Waals surface area contributed by atoms with Crippen LogP contribution in [-0.2, 0) is 0 Å². The minimum absolute atomic E-state index is 0.169. The summed E-state index contributed by atoms with van der Waals surface area (Å²) in [5, 5.41) is 15.1. The minimum Gasteiger partial charge on any atom is -0.508 e. The highest BCUT2D eigenvalue weighted by molar-refractivity contribution is 5.89. The van der Waals surface area contributed by atoms with Gasteiger partial charge in [0.2, 0.25) is 0 Å². The SMILES string of the molecule is CCCCCCCCCCCCCCCCCCCCCCCC(C)NC(=O)Nc1ccc(O)cc1. The van der Waals surface area contributed by atoms with E-state index in [0.717, 1.165) is 6.42 Å². The lowest BCUT2D eigenvalue weighted by molar-refractivity contribution is 0.248. The first kappa shape index (κ1) is 32.3. The van der Waals surface area contributed by atoms with E-state index in [2.05, 4.69) is 24.5 Å². The van der Waals surface area contributed by atoms with Crippen molar-refractivity contribution in [2.45, 2.75) is 161 Å².